The van der Waals surface area contributed by atoms with E-state index in [1.807, 2.05) is 6.07 Å². The van der Waals surface area contributed by atoms with Gasteiger partial charge in [0.25, 0.3) is 10.0 Å². The second-order valence-electron chi connectivity index (χ2n) is 3.18. The predicted molar refractivity (Wildman–Crippen MR) is 69.1 cm³/mol. The lowest BCUT2D eigenvalue weighted by atomic mass is 10.3. The summed E-state index contributed by atoms with van der Waals surface area (Å²) in [6, 6.07) is 7.78. The van der Waals surface area contributed by atoms with Gasteiger partial charge < -0.3 is 0 Å². The van der Waals surface area contributed by atoms with Crippen molar-refractivity contribution in [1.29, 1.82) is 5.26 Å². The number of aromatic nitrogens is 1. The molecule has 8 heteroatoms. The van der Waals surface area contributed by atoms with Gasteiger partial charge in [-0.05, 0) is 24.3 Å². The van der Waals surface area contributed by atoms with E-state index >= 15 is 0 Å². The second kappa shape index (κ2) is 4.94. The number of nitrogens with zero attached hydrogens (tertiary/aromatic N) is 2. The van der Waals surface area contributed by atoms with Crippen LogP contribution in [0.15, 0.2) is 34.7 Å². The number of pyridine rings is 1. The van der Waals surface area contributed by atoms with Crippen molar-refractivity contribution < 1.29 is 8.42 Å². The van der Waals surface area contributed by atoms with E-state index in [-0.39, 0.29) is 15.6 Å². The maximum absolute atomic E-state index is 12.0. The van der Waals surface area contributed by atoms with E-state index in [2.05, 4.69) is 9.71 Å². The van der Waals surface area contributed by atoms with Crippen molar-refractivity contribution in [3.8, 4) is 6.07 Å². The van der Waals surface area contributed by atoms with Crippen molar-refractivity contribution >= 4 is 38.8 Å². The molecule has 0 amide bonds. The van der Waals surface area contributed by atoms with Crippen LogP contribution < -0.4 is 4.72 Å². The Morgan fingerprint density at radius 3 is 2.78 bits per heavy atom. The molecule has 0 saturated heterocycles. The molecule has 92 valence electrons. The number of rotatable bonds is 3. The maximum Gasteiger partial charge on any atom is 0.272 e. The molecule has 0 spiro atoms. The number of halogens is 1. The van der Waals surface area contributed by atoms with Crippen LogP contribution in [0.3, 0.4) is 0 Å². The summed E-state index contributed by atoms with van der Waals surface area (Å²) in [7, 11) is -3.75. The van der Waals surface area contributed by atoms with Crippen LogP contribution in [0.4, 0.5) is 5.82 Å². The molecule has 0 aliphatic rings. The molecule has 2 aromatic rings. The largest absolute Gasteiger partial charge is 0.272 e. The smallest absolute Gasteiger partial charge is 0.262 e. The fourth-order valence-electron chi connectivity index (χ4n) is 1.20. The maximum atomic E-state index is 12.0. The van der Waals surface area contributed by atoms with Gasteiger partial charge in [0, 0.05) is 6.20 Å². The molecule has 0 bridgehead atoms. The normalized spacial score (nSPS) is 10.9. The topological polar surface area (TPSA) is 82.8 Å². The van der Waals surface area contributed by atoms with Gasteiger partial charge in [-0.25, -0.2) is 13.4 Å². The first kappa shape index (κ1) is 12.8. The molecule has 0 fully saturated rings. The van der Waals surface area contributed by atoms with Gasteiger partial charge in [0.15, 0.2) is 5.82 Å². The SMILES string of the molecule is N#Cc1cccnc1NS(=O)(=O)c1ccc(Cl)s1. The number of hydrogen-bond donors (Lipinski definition) is 1. The standard InChI is InChI=1S/C10H6ClN3O2S2/c11-8-3-4-9(17-8)18(15,16)14-10-7(6-12)2-1-5-13-10/h1-5H,(H,13,14). The highest BCUT2D eigenvalue weighted by Gasteiger charge is 2.18. The number of thiophene rings is 1. The van der Waals surface area contributed by atoms with Crippen LogP contribution in [0.2, 0.25) is 4.34 Å². The second-order valence-corrected chi connectivity index (χ2v) is 6.80. The van der Waals surface area contributed by atoms with Crippen LogP contribution in [0.1, 0.15) is 5.56 Å². The molecule has 2 rings (SSSR count). The van der Waals surface area contributed by atoms with Gasteiger partial charge in [0.2, 0.25) is 0 Å². The van der Waals surface area contributed by atoms with E-state index in [1.54, 1.807) is 6.07 Å². The Hall–Kier alpha value is -1.62. The average Bonchev–Trinajstić information content (AvgIpc) is 2.77. The number of sulfonamides is 1. The fourth-order valence-corrected chi connectivity index (χ4v) is 3.71. The van der Waals surface area contributed by atoms with E-state index in [0.717, 1.165) is 11.3 Å². The average molecular weight is 300 g/mol. The Kier molecular flexibility index (Phi) is 3.52. The van der Waals surface area contributed by atoms with Crippen molar-refractivity contribution in [1.82, 2.24) is 4.98 Å². The minimum Gasteiger partial charge on any atom is -0.262 e. The predicted octanol–water partition coefficient (Wildman–Crippen LogP) is 2.47. The van der Waals surface area contributed by atoms with Gasteiger partial charge in [-0.15, -0.1) is 11.3 Å². The molecule has 0 aromatic carbocycles. The van der Waals surface area contributed by atoms with Gasteiger partial charge in [-0.3, -0.25) is 4.72 Å². The van der Waals surface area contributed by atoms with Crippen LogP contribution in [0.25, 0.3) is 0 Å². The Morgan fingerprint density at radius 1 is 1.39 bits per heavy atom. The lowest BCUT2D eigenvalue weighted by Gasteiger charge is -2.05. The van der Waals surface area contributed by atoms with Crippen LogP contribution >= 0.6 is 22.9 Å². The van der Waals surface area contributed by atoms with Gasteiger partial charge in [-0.2, -0.15) is 5.26 Å². The molecule has 0 saturated carbocycles. The molecule has 18 heavy (non-hydrogen) atoms. The lowest BCUT2D eigenvalue weighted by molar-refractivity contribution is 0.603. The molecule has 2 aromatic heterocycles. The molecule has 0 aliphatic carbocycles. The summed E-state index contributed by atoms with van der Waals surface area (Å²) >= 11 is 6.62. The highest BCUT2D eigenvalue weighted by Crippen LogP contribution is 2.27. The third-order valence-electron chi connectivity index (χ3n) is 1.97. The number of nitriles is 1. The molecule has 0 atom stereocenters. The minimum absolute atomic E-state index is 0.00419. The monoisotopic (exact) mass is 299 g/mol. The van der Waals surface area contributed by atoms with Crippen LogP contribution in [0.5, 0.6) is 0 Å². The van der Waals surface area contributed by atoms with Crippen LogP contribution in [0, 0.1) is 11.3 Å². The van der Waals surface area contributed by atoms with Gasteiger partial charge in [0.1, 0.15) is 10.3 Å². The number of hydrogen-bond acceptors (Lipinski definition) is 5. The van der Waals surface area contributed by atoms with Crippen LogP contribution in [-0.4, -0.2) is 13.4 Å². The first-order valence-electron chi connectivity index (χ1n) is 4.66. The van der Waals surface area contributed by atoms with Crippen molar-refractivity contribution in [2.75, 3.05) is 4.72 Å². The third kappa shape index (κ3) is 2.61. The quantitative estimate of drug-likeness (QED) is 0.943. The zero-order valence-corrected chi connectivity index (χ0v) is 11.2. The number of nitrogens with one attached hydrogen (secondary N) is 1. The summed E-state index contributed by atoms with van der Waals surface area (Å²) < 4.78 is 26.6. The highest BCUT2D eigenvalue weighted by atomic mass is 35.5. The van der Waals surface area contributed by atoms with Crippen molar-refractivity contribution in [2.45, 2.75) is 4.21 Å². The lowest BCUT2D eigenvalue weighted by Crippen LogP contribution is -2.13. The van der Waals surface area contributed by atoms with E-state index in [0.29, 0.717) is 4.34 Å². The van der Waals surface area contributed by atoms with E-state index < -0.39 is 10.0 Å². The Labute approximate surface area is 113 Å². The molecule has 0 aliphatic heterocycles. The summed E-state index contributed by atoms with van der Waals surface area (Å²) in [5.74, 6) is 0.00419. The van der Waals surface area contributed by atoms with Gasteiger partial charge in [-0.1, -0.05) is 11.6 Å². The molecule has 0 unspecified atom stereocenters. The first-order chi connectivity index (χ1) is 8.53. The molecule has 0 radical (unpaired) electrons. The molecule has 2 heterocycles. The highest BCUT2D eigenvalue weighted by molar-refractivity contribution is 7.94. The van der Waals surface area contributed by atoms with Crippen LogP contribution in [-0.2, 0) is 10.0 Å². The minimum atomic E-state index is -3.75. The van der Waals surface area contributed by atoms with E-state index in [1.165, 1.54) is 24.4 Å². The van der Waals surface area contributed by atoms with Crippen molar-refractivity contribution in [2.24, 2.45) is 0 Å². The van der Waals surface area contributed by atoms with Crippen molar-refractivity contribution in [3.63, 3.8) is 0 Å². The first-order valence-corrected chi connectivity index (χ1v) is 7.34. The summed E-state index contributed by atoms with van der Waals surface area (Å²) in [4.78, 5) is 3.83. The Bertz CT molecular complexity index is 719. The third-order valence-corrected chi connectivity index (χ3v) is 5.03. The molecule has 5 nitrogen and oxygen atoms in total. The molecular weight excluding hydrogens is 294 g/mol. The number of anilines is 1. The summed E-state index contributed by atoms with van der Waals surface area (Å²) in [6.45, 7) is 0. The zero-order chi connectivity index (χ0) is 13.2. The van der Waals surface area contributed by atoms with Crippen molar-refractivity contribution in [3.05, 3.63) is 40.4 Å². The fraction of sp³-hybridized carbons (Fsp3) is 0. The Morgan fingerprint density at radius 2 is 2.17 bits per heavy atom. The van der Waals surface area contributed by atoms with E-state index in [9.17, 15) is 8.42 Å². The summed E-state index contributed by atoms with van der Waals surface area (Å²) in [6.07, 6.45) is 1.40. The molecule has 1 N–H and O–H groups in total. The van der Waals surface area contributed by atoms with Gasteiger partial charge >= 0.3 is 0 Å². The van der Waals surface area contributed by atoms with Gasteiger partial charge in [0.05, 0.1) is 9.90 Å². The Balaban J connectivity index is 2.37. The van der Waals surface area contributed by atoms with E-state index in [4.69, 9.17) is 16.9 Å². The zero-order valence-electron chi connectivity index (χ0n) is 8.79. The summed E-state index contributed by atoms with van der Waals surface area (Å²) in [5, 5.41) is 8.85. The molecular formula is C10H6ClN3O2S2. The summed E-state index contributed by atoms with van der Waals surface area (Å²) in [5.41, 5.74) is 0.156.